The van der Waals surface area contributed by atoms with Gasteiger partial charge in [-0.05, 0) is 44.7 Å². The number of aromatic nitrogens is 4. The minimum absolute atomic E-state index is 0.323. The SMILES string of the molecule is CC(C)(C)OC(=O)N1CCC[C@@H]1n1c(=O)[nH]c2c(N(Cc3ccccc3)Cc3ccccc3)ncnc21. The van der Waals surface area contributed by atoms with Crippen LogP contribution >= 0.6 is 0 Å². The summed E-state index contributed by atoms with van der Waals surface area (Å²) in [4.78, 5) is 42.1. The Kier molecular flexibility index (Phi) is 6.69. The Balaban J connectivity index is 1.55. The van der Waals surface area contributed by atoms with Crippen molar-refractivity contribution in [2.24, 2.45) is 0 Å². The first-order valence-electron chi connectivity index (χ1n) is 12.6. The Morgan fingerprint density at radius 3 is 2.24 bits per heavy atom. The van der Waals surface area contributed by atoms with Crippen molar-refractivity contribution >= 4 is 23.1 Å². The molecule has 2 aromatic heterocycles. The summed E-state index contributed by atoms with van der Waals surface area (Å²) in [7, 11) is 0. The molecule has 1 aliphatic heterocycles. The zero-order valence-electron chi connectivity index (χ0n) is 21.4. The third-order valence-corrected chi connectivity index (χ3v) is 6.37. The second-order valence-electron chi connectivity index (χ2n) is 10.3. The smallest absolute Gasteiger partial charge is 0.411 e. The number of hydrogen-bond acceptors (Lipinski definition) is 6. The summed E-state index contributed by atoms with van der Waals surface area (Å²) < 4.78 is 7.19. The molecule has 0 unspecified atom stereocenters. The minimum Gasteiger partial charge on any atom is -0.444 e. The lowest BCUT2D eigenvalue weighted by Crippen LogP contribution is -2.40. The summed E-state index contributed by atoms with van der Waals surface area (Å²) in [5.41, 5.74) is 2.33. The van der Waals surface area contributed by atoms with Gasteiger partial charge in [-0.25, -0.2) is 19.6 Å². The summed E-state index contributed by atoms with van der Waals surface area (Å²) in [5.74, 6) is 0.635. The Hall–Kier alpha value is -4.14. The monoisotopic (exact) mass is 500 g/mol. The van der Waals surface area contributed by atoms with Gasteiger partial charge in [-0.15, -0.1) is 0 Å². The molecule has 4 aromatic rings. The van der Waals surface area contributed by atoms with Crippen LogP contribution in [-0.2, 0) is 17.8 Å². The van der Waals surface area contributed by atoms with E-state index in [1.807, 2.05) is 57.2 Å². The van der Waals surface area contributed by atoms with Gasteiger partial charge in [-0.1, -0.05) is 60.7 Å². The van der Waals surface area contributed by atoms with Crippen LogP contribution < -0.4 is 10.6 Å². The third-order valence-electron chi connectivity index (χ3n) is 6.37. The van der Waals surface area contributed by atoms with Gasteiger partial charge >= 0.3 is 11.8 Å². The van der Waals surface area contributed by atoms with Crippen LogP contribution in [0.5, 0.6) is 0 Å². The topological polar surface area (TPSA) is 96.3 Å². The van der Waals surface area contributed by atoms with Crippen molar-refractivity contribution in [3.63, 3.8) is 0 Å². The molecule has 3 heterocycles. The predicted molar refractivity (Wildman–Crippen MR) is 142 cm³/mol. The highest BCUT2D eigenvalue weighted by Gasteiger charge is 2.36. The Morgan fingerprint density at radius 1 is 1.03 bits per heavy atom. The van der Waals surface area contributed by atoms with Gasteiger partial charge in [0.05, 0.1) is 0 Å². The molecule has 37 heavy (non-hydrogen) atoms. The van der Waals surface area contributed by atoms with Crippen LogP contribution in [0.3, 0.4) is 0 Å². The van der Waals surface area contributed by atoms with Crippen molar-refractivity contribution in [3.8, 4) is 0 Å². The maximum atomic E-state index is 13.3. The summed E-state index contributed by atoms with van der Waals surface area (Å²) >= 11 is 0. The molecule has 0 radical (unpaired) electrons. The average molecular weight is 501 g/mol. The molecule has 9 heteroatoms. The molecule has 0 saturated carbocycles. The molecular formula is C28H32N6O3. The first-order chi connectivity index (χ1) is 17.8. The largest absolute Gasteiger partial charge is 0.444 e. The highest BCUT2D eigenvalue weighted by Crippen LogP contribution is 2.32. The number of ether oxygens (including phenoxy) is 1. The number of hydrogen-bond donors (Lipinski definition) is 1. The fraction of sp³-hybridized carbons (Fsp3) is 0.357. The van der Waals surface area contributed by atoms with E-state index in [9.17, 15) is 9.59 Å². The van der Waals surface area contributed by atoms with E-state index in [0.29, 0.717) is 43.0 Å². The number of nitrogens with one attached hydrogen (secondary N) is 1. The summed E-state index contributed by atoms with van der Waals surface area (Å²) in [6.07, 6.45) is 1.99. The lowest BCUT2D eigenvalue weighted by molar-refractivity contribution is 0.0164. The van der Waals surface area contributed by atoms with Crippen molar-refractivity contribution in [3.05, 3.63) is 88.6 Å². The minimum atomic E-state index is -0.625. The number of benzene rings is 2. The van der Waals surface area contributed by atoms with E-state index in [1.54, 1.807) is 9.47 Å². The number of aromatic amines is 1. The lowest BCUT2D eigenvalue weighted by Gasteiger charge is -2.29. The molecule has 1 aliphatic rings. The first-order valence-corrected chi connectivity index (χ1v) is 12.6. The second kappa shape index (κ2) is 10.1. The molecule has 1 saturated heterocycles. The fourth-order valence-corrected chi connectivity index (χ4v) is 4.81. The highest BCUT2D eigenvalue weighted by atomic mass is 16.6. The number of fused-ring (bicyclic) bond motifs is 1. The molecule has 1 fully saturated rings. The fourth-order valence-electron chi connectivity index (χ4n) is 4.81. The van der Waals surface area contributed by atoms with E-state index in [4.69, 9.17) is 4.74 Å². The molecule has 0 bridgehead atoms. The molecule has 1 N–H and O–H groups in total. The second-order valence-corrected chi connectivity index (χ2v) is 10.3. The molecule has 9 nitrogen and oxygen atoms in total. The van der Waals surface area contributed by atoms with E-state index in [2.05, 4.69) is 44.1 Å². The van der Waals surface area contributed by atoms with Gasteiger partial charge in [0.2, 0.25) is 0 Å². The van der Waals surface area contributed by atoms with E-state index in [-0.39, 0.29) is 5.69 Å². The molecule has 0 spiro atoms. The van der Waals surface area contributed by atoms with Crippen LogP contribution in [0.4, 0.5) is 10.6 Å². The van der Waals surface area contributed by atoms with Crippen molar-refractivity contribution in [1.82, 2.24) is 24.4 Å². The number of amides is 1. The number of likely N-dealkylation sites (tertiary alicyclic amines) is 1. The van der Waals surface area contributed by atoms with E-state index in [0.717, 1.165) is 17.5 Å². The number of carbonyl (C=O) groups excluding carboxylic acids is 1. The van der Waals surface area contributed by atoms with Crippen molar-refractivity contribution in [2.75, 3.05) is 11.4 Å². The van der Waals surface area contributed by atoms with Gasteiger partial charge in [0.25, 0.3) is 0 Å². The first kappa shape index (κ1) is 24.5. The number of carbonyl (C=O) groups is 1. The Labute approximate surface area is 215 Å². The van der Waals surface area contributed by atoms with Crippen LogP contribution in [-0.4, -0.2) is 42.7 Å². The quantitative estimate of drug-likeness (QED) is 0.406. The van der Waals surface area contributed by atoms with Gasteiger partial charge < -0.3 is 14.6 Å². The molecule has 5 rings (SSSR count). The molecule has 192 valence electrons. The molecule has 1 atom stereocenters. The summed E-state index contributed by atoms with van der Waals surface area (Å²) in [6, 6.07) is 20.3. The third kappa shape index (κ3) is 5.35. The van der Waals surface area contributed by atoms with Crippen LogP contribution in [0.2, 0.25) is 0 Å². The number of H-pyrrole nitrogens is 1. The van der Waals surface area contributed by atoms with Crippen molar-refractivity contribution in [2.45, 2.75) is 58.5 Å². The van der Waals surface area contributed by atoms with Gasteiger partial charge in [0.15, 0.2) is 11.5 Å². The number of nitrogens with zero attached hydrogens (tertiary/aromatic N) is 5. The van der Waals surface area contributed by atoms with Gasteiger partial charge in [-0.2, -0.15) is 0 Å². The molecule has 0 aliphatic carbocycles. The van der Waals surface area contributed by atoms with Crippen molar-refractivity contribution < 1.29 is 9.53 Å². The average Bonchev–Trinajstić information content (AvgIpc) is 3.47. The summed E-state index contributed by atoms with van der Waals surface area (Å²) in [5, 5.41) is 0. The van der Waals surface area contributed by atoms with Crippen LogP contribution in [0.25, 0.3) is 11.2 Å². The van der Waals surface area contributed by atoms with Gasteiger partial charge in [-0.3, -0.25) is 9.47 Å². The maximum Gasteiger partial charge on any atom is 0.411 e. The van der Waals surface area contributed by atoms with Crippen LogP contribution in [0.1, 0.15) is 50.9 Å². The van der Waals surface area contributed by atoms with E-state index >= 15 is 0 Å². The van der Waals surface area contributed by atoms with Crippen molar-refractivity contribution in [1.29, 1.82) is 0 Å². The molecular weight excluding hydrogens is 468 g/mol. The normalized spacial score (nSPS) is 15.8. The number of anilines is 1. The van der Waals surface area contributed by atoms with E-state index in [1.165, 1.54) is 6.33 Å². The maximum absolute atomic E-state index is 13.3. The predicted octanol–water partition coefficient (Wildman–Crippen LogP) is 4.86. The molecule has 2 aromatic carbocycles. The Bertz CT molecular complexity index is 1380. The van der Waals surface area contributed by atoms with Crippen LogP contribution in [0, 0.1) is 0 Å². The Morgan fingerprint density at radius 2 is 1.65 bits per heavy atom. The molecule has 1 amide bonds. The zero-order valence-corrected chi connectivity index (χ0v) is 21.4. The summed E-state index contributed by atoms with van der Waals surface area (Å²) in [6.45, 7) is 7.22. The number of rotatable bonds is 6. The highest BCUT2D eigenvalue weighted by molar-refractivity contribution is 5.83. The standard InChI is InChI=1S/C28H32N6O3/c1-28(2,3)37-27(36)33-16-10-15-22(33)34-25-23(31-26(34)35)24(29-19-30-25)32(17-20-11-6-4-7-12-20)18-21-13-8-5-9-14-21/h4-9,11-14,19,22H,10,15-18H2,1-3H3,(H,31,35)/t22-/m0/s1. The van der Waals surface area contributed by atoms with Gasteiger partial charge in [0, 0.05) is 19.6 Å². The van der Waals surface area contributed by atoms with E-state index < -0.39 is 17.9 Å². The number of imidazole rings is 1. The van der Waals surface area contributed by atoms with Gasteiger partial charge in [0.1, 0.15) is 23.6 Å². The lowest BCUT2D eigenvalue weighted by atomic mass is 10.1. The zero-order chi connectivity index (χ0) is 26.0. The van der Waals surface area contributed by atoms with Crippen LogP contribution in [0.15, 0.2) is 71.8 Å².